The predicted molar refractivity (Wildman–Crippen MR) is 100 cm³/mol. The lowest BCUT2D eigenvalue weighted by Crippen LogP contribution is -2.27. The van der Waals surface area contributed by atoms with Crippen LogP contribution in [-0.2, 0) is 9.53 Å². The van der Waals surface area contributed by atoms with Crippen molar-refractivity contribution in [1.82, 2.24) is 0 Å². The van der Waals surface area contributed by atoms with Crippen molar-refractivity contribution >= 4 is 23.5 Å². The van der Waals surface area contributed by atoms with E-state index in [1.807, 2.05) is 36.4 Å². The molecule has 0 heterocycles. The van der Waals surface area contributed by atoms with Gasteiger partial charge in [-0.05, 0) is 31.2 Å². The van der Waals surface area contributed by atoms with Gasteiger partial charge in [0.1, 0.15) is 24.2 Å². The Morgan fingerprint density at radius 1 is 1.00 bits per heavy atom. The lowest BCUT2D eigenvalue weighted by molar-refractivity contribution is -0.116. The van der Waals surface area contributed by atoms with E-state index < -0.39 is 0 Å². The Morgan fingerprint density at radius 2 is 1.64 bits per heavy atom. The summed E-state index contributed by atoms with van der Waals surface area (Å²) in [6, 6.07) is 18.3. The number of hydrogen-bond donors (Lipinski definition) is 0. The molecule has 0 aliphatic rings. The van der Waals surface area contributed by atoms with E-state index in [2.05, 4.69) is 0 Å². The van der Waals surface area contributed by atoms with Crippen molar-refractivity contribution in [3.63, 3.8) is 0 Å². The molecule has 0 amide bonds. The van der Waals surface area contributed by atoms with Gasteiger partial charge in [-0.1, -0.05) is 36.4 Å². The van der Waals surface area contributed by atoms with Crippen molar-refractivity contribution in [2.24, 2.45) is 0 Å². The van der Waals surface area contributed by atoms with E-state index in [1.165, 1.54) is 0 Å². The summed E-state index contributed by atoms with van der Waals surface area (Å²) in [5, 5.41) is 0. The molecular weight excluding hydrogens is 336 g/mol. The maximum absolute atomic E-state index is 12.3. The van der Waals surface area contributed by atoms with Gasteiger partial charge in [-0.2, -0.15) is 11.8 Å². The number of benzene rings is 2. The Morgan fingerprint density at radius 3 is 2.28 bits per heavy atom. The summed E-state index contributed by atoms with van der Waals surface area (Å²) in [5.74, 6) is 1.82. The van der Waals surface area contributed by atoms with E-state index >= 15 is 0 Å². The molecule has 25 heavy (non-hydrogen) atoms. The quantitative estimate of drug-likeness (QED) is 0.475. The fourth-order valence-corrected chi connectivity index (χ4v) is 3.07. The van der Waals surface area contributed by atoms with Crippen LogP contribution in [0.4, 0.5) is 0 Å². The van der Waals surface area contributed by atoms with E-state index in [-0.39, 0.29) is 24.5 Å². The molecule has 0 spiro atoms. The monoisotopic (exact) mass is 358 g/mol. The summed E-state index contributed by atoms with van der Waals surface area (Å²) >= 11 is 1.58. The van der Waals surface area contributed by atoms with Gasteiger partial charge in [0.15, 0.2) is 0 Å². The fraction of sp³-hybridized carbons (Fsp3) is 0.300. The topological polar surface area (TPSA) is 52.6 Å². The number of Topliss-reactive ketones (excluding diaryl/α,β-unsaturated/α-hetero) is 1. The zero-order chi connectivity index (χ0) is 17.9. The molecule has 5 heteroatoms. The number of ether oxygens (including phenoxy) is 2. The highest BCUT2D eigenvalue weighted by Gasteiger charge is 2.17. The van der Waals surface area contributed by atoms with Gasteiger partial charge in [0.25, 0.3) is 0 Å². The fourth-order valence-electron chi connectivity index (χ4n) is 2.05. The number of ketones is 1. The molecule has 0 aromatic heterocycles. The average molecular weight is 358 g/mol. The minimum absolute atomic E-state index is 0.158. The molecule has 0 saturated heterocycles. The first-order chi connectivity index (χ1) is 12.1. The largest absolute Gasteiger partial charge is 0.490 e. The van der Waals surface area contributed by atoms with Crippen LogP contribution >= 0.6 is 11.8 Å². The number of thioether (sulfide) groups is 1. The normalized spacial score (nSPS) is 11.6. The van der Waals surface area contributed by atoms with Gasteiger partial charge in [-0.25, -0.2) is 4.79 Å². The molecule has 1 atom stereocenters. The van der Waals surface area contributed by atoms with Crippen LogP contribution < -0.4 is 4.74 Å². The maximum atomic E-state index is 12.3. The second-order valence-corrected chi connectivity index (χ2v) is 6.69. The molecule has 0 aliphatic heterocycles. The highest BCUT2D eigenvalue weighted by atomic mass is 32.2. The molecule has 132 valence electrons. The van der Waals surface area contributed by atoms with Crippen molar-refractivity contribution in [1.29, 1.82) is 0 Å². The Kier molecular flexibility index (Phi) is 8.05. The number of para-hydroxylation sites is 1. The summed E-state index contributed by atoms with van der Waals surface area (Å²) in [5.41, 5.74) is 0.515. The minimum Gasteiger partial charge on any atom is -0.490 e. The minimum atomic E-state index is -0.384. The Hall–Kier alpha value is -2.27. The molecule has 0 aliphatic carbocycles. The molecule has 0 saturated carbocycles. The number of rotatable bonds is 10. The zero-order valence-corrected chi connectivity index (χ0v) is 15.0. The van der Waals surface area contributed by atoms with Crippen LogP contribution in [0.25, 0.3) is 0 Å². The van der Waals surface area contributed by atoms with E-state index in [0.29, 0.717) is 23.5 Å². The van der Waals surface area contributed by atoms with Crippen molar-refractivity contribution in [3.05, 3.63) is 66.2 Å². The van der Waals surface area contributed by atoms with Crippen LogP contribution in [0.2, 0.25) is 0 Å². The van der Waals surface area contributed by atoms with Gasteiger partial charge in [-0.15, -0.1) is 0 Å². The average Bonchev–Trinajstić information content (AvgIpc) is 2.64. The summed E-state index contributed by atoms with van der Waals surface area (Å²) in [7, 11) is 0. The van der Waals surface area contributed by atoms with Crippen molar-refractivity contribution in [2.75, 3.05) is 18.1 Å². The third-order valence-electron chi connectivity index (χ3n) is 3.36. The van der Waals surface area contributed by atoms with Gasteiger partial charge >= 0.3 is 5.97 Å². The smallest absolute Gasteiger partial charge is 0.338 e. The standard InChI is InChI=1S/C20H22O4S/c1-16(21)12-13-25-15-19(14-23-18-10-6-3-7-11-18)24-20(22)17-8-4-2-5-9-17/h2-11,19H,12-15H2,1H3. The summed E-state index contributed by atoms with van der Waals surface area (Å²) in [6.07, 6.45) is 0.133. The van der Waals surface area contributed by atoms with Gasteiger partial charge in [0.05, 0.1) is 5.56 Å². The van der Waals surface area contributed by atoms with E-state index in [0.717, 1.165) is 5.75 Å². The van der Waals surface area contributed by atoms with E-state index in [9.17, 15) is 9.59 Å². The number of carbonyl (C=O) groups is 2. The van der Waals surface area contributed by atoms with Gasteiger partial charge < -0.3 is 9.47 Å². The number of hydrogen-bond acceptors (Lipinski definition) is 5. The Balaban J connectivity index is 1.90. The van der Waals surface area contributed by atoms with E-state index in [1.54, 1.807) is 43.0 Å². The SMILES string of the molecule is CC(=O)CCSCC(COc1ccccc1)OC(=O)c1ccccc1. The molecule has 2 rings (SSSR count). The summed E-state index contributed by atoms with van der Waals surface area (Å²) < 4.78 is 11.3. The van der Waals surface area contributed by atoms with Crippen LogP contribution in [-0.4, -0.2) is 36.0 Å². The first kappa shape index (κ1) is 19.1. The van der Waals surface area contributed by atoms with Gasteiger partial charge in [-0.3, -0.25) is 4.79 Å². The van der Waals surface area contributed by atoms with E-state index in [4.69, 9.17) is 9.47 Å². The molecule has 1 unspecified atom stereocenters. The third-order valence-corrected chi connectivity index (χ3v) is 4.46. The van der Waals surface area contributed by atoms with Crippen LogP contribution in [0.3, 0.4) is 0 Å². The van der Waals surface area contributed by atoms with Crippen LogP contribution in [0, 0.1) is 0 Å². The van der Waals surface area contributed by atoms with Gasteiger partial charge in [0, 0.05) is 17.9 Å². The molecule has 0 bridgehead atoms. The highest BCUT2D eigenvalue weighted by molar-refractivity contribution is 7.99. The summed E-state index contributed by atoms with van der Waals surface area (Å²) in [6.45, 7) is 1.85. The van der Waals surface area contributed by atoms with Crippen molar-refractivity contribution < 1.29 is 19.1 Å². The lowest BCUT2D eigenvalue weighted by atomic mass is 10.2. The van der Waals surface area contributed by atoms with Crippen LogP contribution in [0.15, 0.2) is 60.7 Å². The zero-order valence-electron chi connectivity index (χ0n) is 14.2. The third kappa shape index (κ3) is 7.44. The van der Waals surface area contributed by atoms with Crippen molar-refractivity contribution in [3.8, 4) is 5.75 Å². The number of carbonyl (C=O) groups excluding carboxylic acids is 2. The van der Waals surface area contributed by atoms with Crippen molar-refractivity contribution in [2.45, 2.75) is 19.4 Å². The van der Waals surface area contributed by atoms with Crippen LogP contribution in [0.1, 0.15) is 23.7 Å². The first-order valence-corrected chi connectivity index (χ1v) is 9.31. The van der Waals surface area contributed by atoms with Crippen LogP contribution in [0.5, 0.6) is 5.75 Å². The molecule has 0 radical (unpaired) electrons. The summed E-state index contributed by atoms with van der Waals surface area (Å²) in [4.78, 5) is 23.3. The highest BCUT2D eigenvalue weighted by Crippen LogP contribution is 2.14. The first-order valence-electron chi connectivity index (χ1n) is 8.16. The molecule has 0 fully saturated rings. The predicted octanol–water partition coefficient (Wildman–Crippen LogP) is 4.00. The Labute approximate surface area is 152 Å². The Bertz CT molecular complexity index is 658. The number of esters is 1. The second kappa shape index (κ2) is 10.6. The molecular formula is C20H22O4S. The molecule has 2 aromatic carbocycles. The lowest BCUT2D eigenvalue weighted by Gasteiger charge is -2.18. The molecule has 2 aromatic rings. The molecule has 0 N–H and O–H groups in total. The second-order valence-electron chi connectivity index (χ2n) is 5.54. The van der Waals surface area contributed by atoms with Gasteiger partial charge in [0.2, 0.25) is 0 Å². The maximum Gasteiger partial charge on any atom is 0.338 e. The molecule has 4 nitrogen and oxygen atoms in total.